The van der Waals surface area contributed by atoms with Gasteiger partial charge in [-0.05, 0) is 26.3 Å². The fourth-order valence-corrected chi connectivity index (χ4v) is 1.25. The number of carbonyl (C=O) groups is 1. The molecule has 1 atom stereocenters. The Morgan fingerprint density at radius 3 is 2.33 bits per heavy atom. The molecule has 0 saturated heterocycles. The Labute approximate surface area is 90.4 Å². The van der Waals surface area contributed by atoms with Gasteiger partial charge < -0.3 is 10.1 Å². The van der Waals surface area contributed by atoms with Crippen molar-refractivity contribution in [2.75, 3.05) is 0 Å². The molecule has 3 heteroatoms. The summed E-state index contributed by atoms with van der Waals surface area (Å²) >= 11 is 0. The van der Waals surface area contributed by atoms with Crippen molar-refractivity contribution >= 4 is 6.09 Å². The minimum atomic E-state index is -0.374. The molecule has 1 unspecified atom stereocenters. The molecule has 0 heterocycles. The molecular weight excluding hydrogens is 190 g/mol. The summed E-state index contributed by atoms with van der Waals surface area (Å²) in [4.78, 5) is 11.3. The third-order valence-electron chi connectivity index (χ3n) is 1.98. The van der Waals surface area contributed by atoms with E-state index in [9.17, 15) is 4.79 Å². The van der Waals surface area contributed by atoms with Crippen LogP contribution in [0.4, 0.5) is 4.79 Å². The van der Waals surface area contributed by atoms with E-state index < -0.39 is 0 Å². The molecule has 15 heavy (non-hydrogen) atoms. The molecule has 0 aliphatic carbocycles. The Kier molecular flexibility index (Phi) is 4.16. The number of hydrogen-bond donors (Lipinski definition) is 1. The molecule has 1 aromatic rings. The van der Waals surface area contributed by atoms with E-state index in [4.69, 9.17) is 4.74 Å². The molecular formula is C12H17NO2. The summed E-state index contributed by atoms with van der Waals surface area (Å²) < 4.78 is 4.99. The van der Waals surface area contributed by atoms with Crippen molar-refractivity contribution in [2.45, 2.75) is 32.9 Å². The lowest BCUT2D eigenvalue weighted by Gasteiger charge is -2.15. The van der Waals surface area contributed by atoms with E-state index in [0.29, 0.717) is 0 Å². The molecule has 1 rings (SSSR count). The topological polar surface area (TPSA) is 38.3 Å². The van der Waals surface area contributed by atoms with Crippen LogP contribution in [-0.4, -0.2) is 12.2 Å². The van der Waals surface area contributed by atoms with Gasteiger partial charge in [0.15, 0.2) is 0 Å². The van der Waals surface area contributed by atoms with Crippen molar-refractivity contribution < 1.29 is 9.53 Å². The first kappa shape index (κ1) is 11.6. The lowest BCUT2D eigenvalue weighted by atomic mass is 10.1. The molecule has 0 aromatic heterocycles. The van der Waals surface area contributed by atoms with Crippen LogP contribution in [-0.2, 0) is 4.74 Å². The zero-order chi connectivity index (χ0) is 11.3. The van der Waals surface area contributed by atoms with Gasteiger partial charge >= 0.3 is 6.09 Å². The Morgan fingerprint density at radius 1 is 1.20 bits per heavy atom. The summed E-state index contributed by atoms with van der Waals surface area (Å²) in [6.45, 7) is 5.58. The van der Waals surface area contributed by atoms with Gasteiger partial charge in [-0.25, -0.2) is 4.79 Å². The van der Waals surface area contributed by atoms with Crippen molar-refractivity contribution in [3.05, 3.63) is 35.9 Å². The number of ether oxygens (including phenoxy) is 1. The van der Waals surface area contributed by atoms with Gasteiger partial charge in [-0.2, -0.15) is 0 Å². The van der Waals surface area contributed by atoms with Crippen LogP contribution < -0.4 is 5.32 Å². The number of amides is 1. The normalized spacial score (nSPS) is 12.3. The van der Waals surface area contributed by atoms with E-state index in [2.05, 4.69) is 5.32 Å². The first-order chi connectivity index (χ1) is 7.09. The summed E-state index contributed by atoms with van der Waals surface area (Å²) in [7, 11) is 0. The van der Waals surface area contributed by atoms with Gasteiger partial charge in [0.1, 0.15) is 0 Å². The third kappa shape index (κ3) is 4.02. The summed E-state index contributed by atoms with van der Waals surface area (Å²) in [5, 5.41) is 2.77. The van der Waals surface area contributed by atoms with Crippen molar-refractivity contribution in [2.24, 2.45) is 0 Å². The molecule has 1 aromatic carbocycles. The fraction of sp³-hybridized carbons (Fsp3) is 0.417. The van der Waals surface area contributed by atoms with E-state index in [1.165, 1.54) is 0 Å². The molecule has 0 saturated carbocycles. The van der Waals surface area contributed by atoms with E-state index in [1.54, 1.807) is 0 Å². The molecule has 1 N–H and O–H groups in total. The maximum atomic E-state index is 11.3. The number of benzene rings is 1. The number of alkyl carbamates (subject to hydrolysis) is 1. The fourth-order valence-electron chi connectivity index (χ4n) is 1.25. The molecule has 0 aliphatic rings. The van der Waals surface area contributed by atoms with E-state index >= 15 is 0 Å². The van der Waals surface area contributed by atoms with Gasteiger partial charge in [-0.15, -0.1) is 0 Å². The molecule has 0 radical (unpaired) electrons. The van der Waals surface area contributed by atoms with Gasteiger partial charge in [0, 0.05) is 0 Å². The molecule has 3 nitrogen and oxygen atoms in total. The standard InChI is InChI=1S/C12H17NO2/c1-9(2)15-12(14)13-10(3)11-7-5-4-6-8-11/h4-10H,1-3H3,(H,13,14). The summed E-state index contributed by atoms with van der Waals surface area (Å²) in [5.74, 6) is 0. The highest BCUT2D eigenvalue weighted by Crippen LogP contribution is 2.11. The number of nitrogens with one attached hydrogen (secondary N) is 1. The SMILES string of the molecule is CC(C)OC(=O)NC(C)c1ccccc1. The molecule has 0 fully saturated rings. The van der Waals surface area contributed by atoms with Crippen LogP contribution in [0.15, 0.2) is 30.3 Å². The molecule has 0 bridgehead atoms. The number of hydrogen-bond acceptors (Lipinski definition) is 2. The van der Waals surface area contributed by atoms with Gasteiger partial charge in [0.05, 0.1) is 12.1 Å². The molecule has 82 valence electrons. The maximum absolute atomic E-state index is 11.3. The third-order valence-corrected chi connectivity index (χ3v) is 1.98. The first-order valence-electron chi connectivity index (χ1n) is 5.11. The second kappa shape index (κ2) is 5.39. The Morgan fingerprint density at radius 2 is 1.80 bits per heavy atom. The summed E-state index contributed by atoms with van der Waals surface area (Å²) in [6.07, 6.45) is -0.464. The second-order valence-corrected chi connectivity index (χ2v) is 3.73. The van der Waals surface area contributed by atoms with Crippen molar-refractivity contribution in [3.8, 4) is 0 Å². The zero-order valence-corrected chi connectivity index (χ0v) is 9.36. The second-order valence-electron chi connectivity index (χ2n) is 3.73. The number of rotatable bonds is 3. The van der Waals surface area contributed by atoms with Gasteiger partial charge in [0.2, 0.25) is 0 Å². The molecule has 0 aliphatic heterocycles. The quantitative estimate of drug-likeness (QED) is 0.827. The van der Waals surface area contributed by atoms with Crippen LogP contribution in [0.5, 0.6) is 0 Å². The highest BCUT2D eigenvalue weighted by Gasteiger charge is 2.10. The zero-order valence-electron chi connectivity index (χ0n) is 9.36. The predicted octanol–water partition coefficient (Wildman–Crippen LogP) is 2.88. The minimum Gasteiger partial charge on any atom is -0.447 e. The predicted molar refractivity (Wildman–Crippen MR) is 59.6 cm³/mol. The lowest BCUT2D eigenvalue weighted by molar-refractivity contribution is 0.113. The van der Waals surface area contributed by atoms with Crippen LogP contribution in [0.1, 0.15) is 32.4 Å². The maximum Gasteiger partial charge on any atom is 0.407 e. The van der Waals surface area contributed by atoms with E-state index in [-0.39, 0.29) is 18.2 Å². The van der Waals surface area contributed by atoms with Crippen molar-refractivity contribution in [3.63, 3.8) is 0 Å². The Balaban J connectivity index is 2.49. The number of carbonyl (C=O) groups excluding carboxylic acids is 1. The first-order valence-corrected chi connectivity index (χ1v) is 5.11. The van der Waals surface area contributed by atoms with Crippen LogP contribution in [0.25, 0.3) is 0 Å². The Hall–Kier alpha value is -1.51. The van der Waals surface area contributed by atoms with Gasteiger partial charge in [-0.3, -0.25) is 0 Å². The van der Waals surface area contributed by atoms with Crippen LogP contribution in [0, 0.1) is 0 Å². The van der Waals surface area contributed by atoms with Crippen LogP contribution in [0.3, 0.4) is 0 Å². The monoisotopic (exact) mass is 207 g/mol. The average Bonchev–Trinajstić information content (AvgIpc) is 2.17. The minimum absolute atomic E-state index is 0.0301. The highest BCUT2D eigenvalue weighted by molar-refractivity contribution is 5.68. The lowest BCUT2D eigenvalue weighted by Crippen LogP contribution is -2.29. The smallest absolute Gasteiger partial charge is 0.407 e. The van der Waals surface area contributed by atoms with Crippen molar-refractivity contribution in [1.82, 2.24) is 5.32 Å². The van der Waals surface area contributed by atoms with E-state index in [0.717, 1.165) is 5.56 Å². The van der Waals surface area contributed by atoms with Crippen LogP contribution >= 0.6 is 0 Å². The molecule has 0 spiro atoms. The van der Waals surface area contributed by atoms with Crippen LogP contribution in [0.2, 0.25) is 0 Å². The van der Waals surface area contributed by atoms with E-state index in [1.807, 2.05) is 51.1 Å². The van der Waals surface area contributed by atoms with Crippen molar-refractivity contribution in [1.29, 1.82) is 0 Å². The summed E-state index contributed by atoms with van der Waals surface area (Å²) in [5.41, 5.74) is 1.07. The largest absolute Gasteiger partial charge is 0.447 e. The Bertz CT molecular complexity index is 309. The van der Waals surface area contributed by atoms with Gasteiger partial charge in [0.25, 0.3) is 0 Å². The highest BCUT2D eigenvalue weighted by atomic mass is 16.6. The van der Waals surface area contributed by atoms with Gasteiger partial charge in [-0.1, -0.05) is 30.3 Å². The molecule has 1 amide bonds. The average molecular weight is 207 g/mol. The summed E-state index contributed by atoms with van der Waals surface area (Å²) in [6, 6.07) is 9.75.